The quantitative estimate of drug-likeness (QED) is 0.792. The van der Waals surface area contributed by atoms with Gasteiger partial charge in [-0.15, -0.1) is 0 Å². The highest BCUT2D eigenvalue weighted by Gasteiger charge is 2.08. The number of rotatable bonds is 7. The molecule has 1 aromatic heterocycles. The summed E-state index contributed by atoms with van der Waals surface area (Å²) in [5.41, 5.74) is 2.55. The molecule has 0 fully saturated rings. The van der Waals surface area contributed by atoms with E-state index in [-0.39, 0.29) is 5.82 Å². The Morgan fingerprint density at radius 2 is 1.86 bits per heavy atom. The zero-order valence-corrected chi connectivity index (χ0v) is 12.6. The average Bonchev–Trinajstić information content (AvgIpc) is 2.48. The van der Waals surface area contributed by atoms with Crippen molar-refractivity contribution in [2.75, 3.05) is 18.5 Å². The monoisotopic (exact) mass is 287 g/mol. The summed E-state index contributed by atoms with van der Waals surface area (Å²) in [6, 6.07) is 12.8. The minimum Gasteiger partial charge on any atom is -0.366 e. The highest BCUT2D eigenvalue weighted by atomic mass is 19.1. The number of benzene rings is 1. The normalized spacial score (nSPS) is 10.6. The summed E-state index contributed by atoms with van der Waals surface area (Å²) in [5, 5.41) is 3.34. The SMILES string of the molecule is CCCNCc1cccc(CN(C)c2ccccc2F)n1. The highest BCUT2D eigenvalue weighted by molar-refractivity contribution is 5.46. The van der Waals surface area contributed by atoms with Crippen molar-refractivity contribution in [1.82, 2.24) is 10.3 Å². The molecule has 112 valence electrons. The van der Waals surface area contributed by atoms with Crippen molar-refractivity contribution in [3.63, 3.8) is 0 Å². The highest BCUT2D eigenvalue weighted by Crippen LogP contribution is 2.18. The molecule has 0 amide bonds. The van der Waals surface area contributed by atoms with Gasteiger partial charge in [0, 0.05) is 13.6 Å². The minimum atomic E-state index is -0.208. The second kappa shape index (κ2) is 7.74. The van der Waals surface area contributed by atoms with Gasteiger partial charge in [-0.2, -0.15) is 0 Å². The summed E-state index contributed by atoms with van der Waals surface area (Å²) >= 11 is 0. The van der Waals surface area contributed by atoms with E-state index in [0.717, 1.165) is 30.9 Å². The van der Waals surface area contributed by atoms with E-state index in [0.29, 0.717) is 12.2 Å². The largest absolute Gasteiger partial charge is 0.366 e. The Balaban J connectivity index is 2.02. The number of para-hydroxylation sites is 1. The van der Waals surface area contributed by atoms with E-state index >= 15 is 0 Å². The fourth-order valence-corrected chi connectivity index (χ4v) is 2.20. The summed E-state index contributed by atoms with van der Waals surface area (Å²) in [6.07, 6.45) is 1.11. The van der Waals surface area contributed by atoms with Crippen LogP contribution in [0.15, 0.2) is 42.5 Å². The van der Waals surface area contributed by atoms with Gasteiger partial charge in [-0.25, -0.2) is 4.39 Å². The van der Waals surface area contributed by atoms with Crippen molar-refractivity contribution in [2.45, 2.75) is 26.4 Å². The first-order valence-corrected chi connectivity index (χ1v) is 7.32. The van der Waals surface area contributed by atoms with Gasteiger partial charge in [0.15, 0.2) is 0 Å². The number of pyridine rings is 1. The molecule has 0 spiro atoms. The van der Waals surface area contributed by atoms with E-state index in [9.17, 15) is 4.39 Å². The van der Waals surface area contributed by atoms with Crippen LogP contribution in [0.25, 0.3) is 0 Å². The molecule has 1 heterocycles. The number of anilines is 1. The molecule has 0 saturated carbocycles. The molecular formula is C17H22FN3. The molecule has 2 aromatic rings. The molecular weight excluding hydrogens is 265 g/mol. The van der Waals surface area contributed by atoms with Gasteiger partial charge < -0.3 is 10.2 Å². The van der Waals surface area contributed by atoms with Crippen LogP contribution in [0.3, 0.4) is 0 Å². The van der Waals surface area contributed by atoms with Crippen LogP contribution in [0, 0.1) is 5.82 Å². The van der Waals surface area contributed by atoms with Gasteiger partial charge in [0.2, 0.25) is 0 Å². The number of halogens is 1. The lowest BCUT2D eigenvalue weighted by atomic mass is 10.2. The average molecular weight is 287 g/mol. The third-order valence-electron chi connectivity index (χ3n) is 3.26. The molecule has 0 radical (unpaired) electrons. The number of nitrogens with zero attached hydrogens (tertiary/aromatic N) is 2. The minimum absolute atomic E-state index is 0.208. The summed E-state index contributed by atoms with van der Waals surface area (Å²) in [6.45, 7) is 4.48. The number of nitrogens with one attached hydrogen (secondary N) is 1. The smallest absolute Gasteiger partial charge is 0.146 e. The van der Waals surface area contributed by atoms with Crippen LogP contribution in [-0.2, 0) is 13.1 Å². The molecule has 0 aliphatic heterocycles. The van der Waals surface area contributed by atoms with Crippen LogP contribution in [-0.4, -0.2) is 18.6 Å². The second-order valence-corrected chi connectivity index (χ2v) is 5.10. The molecule has 1 N–H and O–H groups in total. The molecule has 3 nitrogen and oxygen atoms in total. The zero-order chi connectivity index (χ0) is 15.1. The number of aromatic nitrogens is 1. The number of hydrogen-bond acceptors (Lipinski definition) is 3. The molecule has 0 aliphatic carbocycles. The maximum absolute atomic E-state index is 13.8. The van der Waals surface area contributed by atoms with Crippen molar-refractivity contribution in [3.8, 4) is 0 Å². The van der Waals surface area contributed by atoms with Crippen LogP contribution in [0.2, 0.25) is 0 Å². The van der Waals surface area contributed by atoms with E-state index in [1.165, 1.54) is 6.07 Å². The van der Waals surface area contributed by atoms with Gasteiger partial charge >= 0.3 is 0 Å². The van der Waals surface area contributed by atoms with Crippen LogP contribution >= 0.6 is 0 Å². The maximum Gasteiger partial charge on any atom is 0.146 e. The van der Waals surface area contributed by atoms with Gasteiger partial charge in [-0.1, -0.05) is 25.1 Å². The van der Waals surface area contributed by atoms with Crippen molar-refractivity contribution in [1.29, 1.82) is 0 Å². The van der Waals surface area contributed by atoms with Gasteiger partial charge in [0.1, 0.15) is 5.82 Å². The molecule has 0 saturated heterocycles. The molecule has 4 heteroatoms. The Morgan fingerprint density at radius 3 is 2.62 bits per heavy atom. The Labute approximate surface area is 125 Å². The van der Waals surface area contributed by atoms with Crippen molar-refractivity contribution in [3.05, 3.63) is 59.7 Å². The molecule has 21 heavy (non-hydrogen) atoms. The van der Waals surface area contributed by atoms with E-state index in [1.54, 1.807) is 12.1 Å². The maximum atomic E-state index is 13.8. The summed E-state index contributed by atoms with van der Waals surface area (Å²) in [4.78, 5) is 6.49. The standard InChI is InChI=1S/C17H22FN3/c1-3-11-19-12-14-7-6-8-15(20-14)13-21(2)17-10-5-4-9-16(17)18/h4-10,19H,3,11-13H2,1-2H3. The first-order valence-electron chi connectivity index (χ1n) is 7.32. The topological polar surface area (TPSA) is 28.2 Å². The van der Waals surface area contributed by atoms with E-state index in [2.05, 4.69) is 17.2 Å². The van der Waals surface area contributed by atoms with Crippen molar-refractivity contribution in [2.24, 2.45) is 0 Å². The third kappa shape index (κ3) is 4.53. The van der Waals surface area contributed by atoms with Gasteiger partial charge in [0.05, 0.1) is 23.6 Å². The second-order valence-electron chi connectivity index (χ2n) is 5.10. The molecule has 1 aromatic carbocycles. The summed E-state index contributed by atoms with van der Waals surface area (Å²) in [5.74, 6) is -0.208. The lowest BCUT2D eigenvalue weighted by molar-refractivity contribution is 0.621. The lowest BCUT2D eigenvalue weighted by Crippen LogP contribution is -2.20. The molecule has 0 unspecified atom stereocenters. The van der Waals surface area contributed by atoms with Crippen LogP contribution in [0.4, 0.5) is 10.1 Å². The molecule has 2 rings (SSSR count). The zero-order valence-electron chi connectivity index (χ0n) is 12.6. The van der Waals surface area contributed by atoms with E-state index < -0.39 is 0 Å². The first kappa shape index (κ1) is 15.4. The summed E-state index contributed by atoms with van der Waals surface area (Å²) < 4.78 is 13.8. The fourth-order valence-electron chi connectivity index (χ4n) is 2.20. The van der Waals surface area contributed by atoms with Crippen LogP contribution in [0.1, 0.15) is 24.7 Å². The van der Waals surface area contributed by atoms with Crippen LogP contribution in [0.5, 0.6) is 0 Å². The van der Waals surface area contributed by atoms with Crippen molar-refractivity contribution >= 4 is 5.69 Å². The predicted molar refractivity (Wildman–Crippen MR) is 84.7 cm³/mol. The molecule has 0 bridgehead atoms. The summed E-state index contributed by atoms with van der Waals surface area (Å²) in [7, 11) is 1.88. The third-order valence-corrected chi connectivity index (χ3v) is 3.26. The Hall–Kier alpha value is -1.94. The van der Waals surface area contributed by atoms with Crippen molar-refractivity contribution < 1.29 is 4.39 Å². The molecule has 0 aliphatic rings. The Morgan fingerprint density at radius 1 is 1.10 bits per heavy atom. The van der Waals surface area contributed by atoms with E-state index in [4.69, 9.17) is 0 Å². The predicted octanol–water partition coefficient (Wildman–Crippen LogP) is 3.36. The fraction of sp³-hybridized carbons (Fsp3) is 0.353. The number of hydrogen-bond donors (Lipinski definition) is 1. The Bertz CT molecular complexity index is 571. The Kier molecular flexibility index (Phi) is 5.69. The first-order chi connectivity index (χ1) is 10.2. The van der Waals surface area contributed by atoms with Gasteiger partial charge in [-0.3, -0.25) is 4.98 Å². The van der Waals surface area contributed by atoms with Gasteiger partial charge in [0.25, 0.3) is 0 Å². The molecule has 0 atom stereocenters. The van der Waals surface area contributed by atoms with Crippen LogP contribution < -0.4 is 10.2 Å². The van der Waals surface area contributed by atoms with E-state index in [1.807, 2.05) is 36.2 Å². The lowest BCUT2D eigenvalue weighted by Gasteiger charge is -2.19. The van der Waals surface area contributed by atoms with Gasteiger partial charge in [-0.05, 0) is 37.2 Å².